The van der Waals surface area contributed by atoms with Crippen LogP contribution in [-0.4, -0.2) is 12.1 Å². The Balaban J connectivity index is 2.19. The maximum atomic E-state index is 6.11. The minimum atomic E-state index is 0.0705. The van der Waals surface area contributed by atoms with Crippen LogP contribution < -0.4 is 11.1 Å². The van der Waals surface area contributed by atoms with Gasteiger partial charge in [0, 0.05) is 22.2 Å². The molecule has 0 aliphatic heterocycles. The molecule has 1 fully saturated rings. The lowest BCUT2D eigenvalue weighted by atomic mass is 9.89. The lowest BCUT2D eigenvalue weighted by Crippen LogP contribution is -2.45. The number of benzene rings is 1. The summed E-state index contributed by atoms with van der Waals surface area (Å²) in [5, 5.41) is 3.74. The van der Waals surface area contributed by atoms with Crippen LogP contribution in [0.5, 0.6) is 0 Å². The van der Waals surface area contributed by atoms with E-state index in [0.29, 0.717) is 6.54 Å². The minimum Gasteiger partial charge on any atom is -0.377 e. The number of anilines is 1. The number of halogens is 1. The van der Waals surface area contributed by atoms with E-state index in [1.54, 1.807) is 0 Å². The molecule has 1 aliphatic rings. The molecule has 3 N–H and O–H groups in total. The molecule has 0 radical (unpaired) electrons. The van der Waals surface area contributed by atoms with E-state index in [0.717, 1.165) is 10.4 Å². The Bertz CT molecular complexity index is 433. The van der Waals surface area contributed by atoms with Crippen molar-refractivity contribution < 1.29 is 0 Å². The highest BCUT2D eigenvalue weighted by Crippen LogP contribution is 2.34. The van der Waals surface area contributed by atoms with E-state index in [9.17, 15) is 0 Å². The number of hydrogen-bond acceptors (Lipinski definition) is 2. The highest BCUT2D eigenvalue weighted by Gasteiger charge is 2.31. The van der Waals surface area contributed by atoms with Crippen molar-refractivity contribution >= 4 is 21.6 Å². The van der Waals surface area contributed by atoms with E-state index in [2.05, 4.69) is 53.3 Å². The molecule has 1 saturated carbocycles. The fourth-order valence-electron chi connectivity index (χ4n) is 2.98. The first-order valence-corrected chi connectivity index (χ1v) is 8.08. The summed E-state index contributed by atoms with van der Waals surface area (Å²) in [4.78, 5) is 0. The van der Waals surface area contributed by atoms with Gasteiger partial charge in [-0.2, -0.15) is 0 Å². The summed E-state index contributed by atoms with van der Waals surface area (Å²) in [6.45, 7) is 5.19. The zero-order valence-corrected chi connectivity index (χ0v) is 13.6. The van der Waals surface area contributed by atoms with Crippen molar-refractivity contribution in [2.75, 3.05) is 11.9 Å². The van der Waals surface area contributed by atoms with Crippen molar-refractivity contribution in [2.45, 2.75) is 51.5 Å². The molecule has 1 aromatic rings. The molecule has 2 nitrogen and oxygen atoms in total. The summed E-state index contributed by atoms with van der Waals surface area (Å²) in [7, 11) is 0. The molecule has 2 rings (SSSR count). The Morgan fingerprint density at radius 1 is 1.37 bits per heavy atom. The average molecular weight is 325 g/mol. The summed E-state index contributed by atoms with van der Waals surface area (Å²) in [6.07, 6.45) is 6.22. The molecule has 106 valence electrons. The Morgan fingerprint density at radius 2 is 2.16 bits per heavy atom. The lowest BCUT2D eigenvalue weighted by molar-refractivity contribution is 0.409. The molecule has 0 aromatic heterocycles. The minimum absolute atomic E-state index is 0.0705. The van der Waals surface area contributed by atoms with Crippen LogP contribution in [-0.2, 0) is 0 Å². The van der Waals surface area contributed by atoms with E-state index in [1.165, 1.54) is 43.4 Å². The summed E-state index contributed by atoms with van der Waals surface area (Å²) < 4.78 is 1.13. The highest BCUT2D eigenvalue weighted by atomic mass is 79.9. The number of nitrogens with one attached hydrogen (secondary N) is 1. The average Bonchev–Trinajstić information content (AvgIpc) is 2.57. The van der Waals surface area contributed by atoms with E-state index in [-0.39, 0.29) is 5.54 Å². The van der Waals surface area contributed by atoms with E-state index < -0.39 is 0 Å². The molecule has 0 bridgehead atoms. The van der Waals surface area contributed by atoms with Crippen LogP contribution in [0.15, 0.2) is 22.7 Å². The molecule has 1 aliphatic carbocycles. The highest BCUT2D eigenvalue weighted by molar-refractivity contribution is 9.10. The molecule has 0 spiro atoms. The standard InChI is InChI=1S/C16H25BrN2/c1-12-4-3-8-16(11-18,9-7-12)19-15-10-13(2)5-6-14(15)17/h5-6,10,12,19H,3-4,7-9,11,18H2,1-2H3. The van der Waals surface area contributed by atoms with E-state index in [1.807, 2.05) is 0 Å². The molecule has 19 heavy (non-hydrogen) atoms. The van der Waals surface area contributed by atoms with Crippen LogP contribution in [0.4, 0.5) is 5.69 Å². The van der Waals surface area contributed by atoms with Crippen LogP contribution in [0, 0.1) is 12.8 Å². The Kier molecular flexibility index (Phi) is 4.91. The summed E-state index contributed by atoms with van der Waals surface area (Å²) in [5.74, 6) is 0.830. The van der Waals surface area contributed by atoms with Crippen LogP contribution in [0.2, 0.25) is 0 Å². The van der Waals surface area contributed by atoms with Crippen molar-refractivity contribution in [1.29, 1.82) is 0 Å². The molecular formula is C16H25BrN2. The predicted molar refractivity (Wildman–Crippen MR) is 86.5 cm³/mol. The zero-order valence-electron chi connectivity index (χ0n) is 12.0. The Labute approximate surface area is 125 Å². The smallest absolute Gasteiger partial charge is 0.0496 e. The molecule has 3 heteroatoms. The topological polar surface area (TPSA) is 38.0 Å². The summed E-state index contributed by atoms with van der Waals surface area (Å²) >= 11 is 3.64. The molecule has 2 unspecified atom stereocenters. The number of nitrogens with two attached hydrogens (primary N) is 1. The molecule has 0 heterocycles. The van der Waals surface area contributed by atoms with Gasteiger partial charge >= 0.3 is 0 Å². The SMILES string of the molecule is Cc1ccc(Br)c(NC2(CN)CCCC(C)CC2)c1. The van der Waals surface area contributed by atoms with Gasteiger partial charge in [0.05, 0.1) is 0 Å². The summed E-state index contributed by atoms with van der Waals surface area (Å²) in [5.41, 5.74) is 8.64. The molecule has 1 aromatic carbocycles. The Morgan fingerprint density at radius 3 is 2.89 bits per heavy atom. The third-order valence-electron chi connectivity index (χ3n) is 4.38. The zero-order chi connectivity index (χ0) is 13.9. The second kappa shape index (κ2) is 6.27. The van der Waals surface area contributed by atoms with Gasteiger partial charge in [0.2, 0.25) is 0 Å². The van der Waals surface area contributed by atoms with Gasteiger partial charge in [-0.05, 0) is 65.7 Å². The Hall–Kier alpha value is -0.540. The monoisotopic (exact) mass is 324 g/mol. The van der Waals surface area contributed by atoms with E-state index in [4.69, 9.17) is 5.73 Å². The number of rotatable bonds is 3. The van der Waals surface area contributed by atoms with Crippen LogP contribution in [0.1, 0.15) is 44.6 Å². The van der Waals surface area contributed by atoms with Crippen molar-refractivity contribution in [3.05, 3.63) is 28.2 Å². The first kappa shape index (κ1) is 14.9. The van der Waals surface area contributed by atoms with Gasteiger partial charge in [-0.3, -0.25) is 0 Å². The second-order valence-electron chi connectivity index (χ2n) is 6.13. The van der Waals surface area contributed by atoms with Crippen LogP contribution in [0.25, 0.3) is 0 Å². The molecule has 2 atom stereocenters. The second-order valence-corrected chi connectivity index (χ2v) is 6.98. The van der Waals surface area contributed by atoms with Crippen LogP contribution >= 0.6 is 15.9 Å². The first-order chi connectivity index (χ1) is 9.04. The van der Waals surface area contributed by atoms with Gasteiger partial charge in [0.15, 0.2) is 0 Å². The third-order valence-corrected chi connectivity index (χ3v) is 5.07. The molecular weight excluding hydrogens is 300 g/mol. The van der Waals surface area contributed by atoms with Crippen LogP contribution in [0.3, 0.4) is 0 Å². The van der Waals surface area contributed by atoms with Crippen molar-refractivity contribution in [3.8, 4) is 0 Å². The van der Waals surface area contributed by atoms with Gasteiger partial charge < -0.3 is 11.1 Å². The van der Waals surface area contributed by atoms with Gasteiger partial charge in [-0.1, -0.05) is 25.8 Å². The van der Waals surface area contributed by atoms with Gasteiger partial charge in [0.1, 0.15) is 0 Å². The van der Waals surface area contributed by atoms with Gasteiger partial charge in [-0.15, -0.1) is 0 Å². The van der Waals surface area contributed by atoms with E-state index >= 15 is 0 Å². The van der Waals surface area contributed by atoms with Gasteiger partial charge in [0.25, 0.3) is 0 Å². The summed E-state index contributed by atoms with van der Waals surface area (Å²) in [6, 6.07) is 6.44. The van der Waals surface area contributed by atoms with Gasteiger partial charge in [-0.25, -0.2) is 0 Å². The fraction of sp³-hybridized carbons (Fsp3) is 0.625. The van der Waals surface area contributed by atoms with Crippen molar-refractivity contribution in [1.82, 2.24) is 0 Å². The maximum absolute atomic E-state index is 6.11. The fourth-order valence-corrected chi connectivity index (χ4v) is 3.33. The van der Waals surface area contributed by atoms with Crippen molar-refractivity contribution in [3.63, 3.8) is 0 Å². The largest absolute Gasteiger partial charge is 0.377 e. The molecule has 0 amide bonds. The third kappa shape index (κ3) is 3.73. The predicted octanol–water partition coefficient (Wildman–Crippen LogP) is 4.47. The lowest BCUT2D eigenvalue weighted by Gasteiger charge is -2.34. The maximum Gasteiger partial charge on any atom is 0.0496 e. The molecule has 0 saturated heterocycles. The first-order valence-electron chi connectivity index (χ1n) is 7.29. The normalized spacial score (nSPS) is 27.9. The quantitative estimate of drug-likeness (QED) is 0.805. The number of hydrogen-bond donors (Lipinski definition) is 2. The van der Waals surface area contributed by atoms with Crippen molar-refractivity contribution in [2.24, 2.45) is 11.7 Å². The number of aryl methyl sites for hydroxylation is 1.